The molecule has 1 saturated heterocycles. The molecule has 0 radical (unpaired) electrons. The van der Waals surface area contributed by atoms with Crippen LogP contribution in [0.15, 0.2) is 48.5 Å². The van der Waals surface area contributed by atoms with Gasteiger partial charge >= 0.3 is 0 Å². The fraction of sp³-hybridized carbons (Fsp3) is 0.364. The molecular weight excluding hydrogens is 430 g/mol. The number of piperazine rings is 1. The van der Waals surface area contributed by atoms with E-state index in [0.29, 0.717) is 38.3 Å². The van der Waals surface area contributed by atoms with Crippen molar-refractivity contribution in [3.05, 3.63) is 54.2 Å². The van der Waals surface area contributed by atoms with Gasteiger partial charge in [-0.25, -0.2) is 8.42 Å². The number of methoxy groups -OCH3 is 1. The highest BCUT2D eigenvalue weighted by Crippen LogP contribution is 2.21. The quantitative estimate of drug-likeness (QED) is 0.500. The van der Waals surface area contributed by atoms with Crippen LogP contribution in [-0.2, 0) is 10.0 Å². The first-order chi connectivity index (χ1) is 15.5. The fourth-order valence-electron chi connectivity index (χ4n) is 3.82. The molecule has 2 N–H and O–H groups in total. The van der Waals surface area contributed by atoms with Crippen molar-refractivity contribution in [1.29, 1.82) is 0 Å². The van der Waals surface area contributed by atoms with E-state index in [1.165, 1.54) is 4.31 Å². The SMILES string of the molecule is COc1ccc(N2CCN(S(=O)(=O)CCCNC(=O)c3n[nH]c4ccccc34)CC2)cc1. The molecule has 1 aromatic heterocycles. The number of carbonyl (C=O) groups is 1. The van der Waals surface area contributed by atoms with Crippen molar-refractivity contribution >= 4 is 32.5 Å². The highest BCUT2D eigenvalue weighted by molar-refractivity contribution is 7.89. The zero-order valence-corrected chi connectivity index (χ0v) is 18.8. The maximum Gasteiger partial charge on any atom is 0.272 e. The van der Waals surface area contributed by atoms with Gasteiger partial charge in [0.15, 0.2) is 5.69 Å². The number of rotatable bonds is 8. The summed E-state index contributed by atoms with van der Waals surface area (Å²) < 4.78 is 32.2. The first-order valence-electron chi connectivity index (χ1n) is 10.6. The topological polar surface area (TPSA) is 108 Å². The third-order valence-corrected chi connectivity index (χ3v) is 7.58. The van der Waals surface area contributed by atoms with E-state index in [2.05, 4.69) is 20.4 Å². The van der Waals surface area contributed by atoms with Crippen LogP contribution >= 0.6 is 0 Å². The van der Waals surface area contributed by atoms with Gasteiger partial charge in [-0.05, 0) is 36.8 Å². The maximum atomic E-state index is 12.7. The van der Waals surface area contributed by atoms with Crippen molar-refractivity contribution in [2.24, 2.45) is 0 Å². The summed E-state index contributed by atoms with van der Waals surface area (Å²) in [5.41, 5.74) is 2.16. The van der Waals surface area contributed by atoms with E-state index in [0.717, 1.165) is 22.3 Å². The summed E-state index contributed by atoms with van der Waals surface area (Å²) in [5.74, 6) is 0.479. The van der Waals surface area contributed by atoms with Gasteiger partial charge in [-0.3, -0.25) is 9.89 Å². The average Bonchev–Trinajstić information content (AvgIpc) is 3.26. The van der Waals surface area contributed by atoms with Crippen molar-refractivity contribution in [3.8, 4) is 5.75 Å². The van der Waals surface area contributed by atoms with Gasteiger partial charge in [-0.15, -0.1) is 0 Å². The van der Waals surface area contributed by atoms with Crippen LogP contribution < -0.4 is 15.0 Å². The molecule has 3 aromatic rings. The molecule has 0 saturated carbocycles. The van der Waals surface area contributed by atoms with Gasteiger partial charge in [0.05, 0.1) is 18.4 Å². The monoisotopic (exact) mass is 457 g/mol. The molecule has 0 unspecified atom stereocenters. The van der Waals surface area contributed by atoms with Crippen molar-refractivity contribution in [2.75, 3.05) is 50.5 Å². The predicted octanol–water partition coefficient (Wildman–Crippen LogP) is 1.84. The Morgan fingerprint density at radius 3 is 2.53 bits per heavy atom. The maximum absolute atomic E-state index is 12.7. The Kier molecular flexibility index (Phi) is 6.61. The van der Waals surface area contributed by atoms with E-state index in [-0.39, 0.29) is 18.2 Å². The first-order valence-corrected chi connectivity index (χ1v) is 12.2. The fourth-order valence-corrected chi connectivity index (χ4v) is 5.31. The Morgan fingerprint density at radius 1 is 1.09 bits per heavy atom. The largest absolute Gasteiger partial charge is 0.497 e. The standard InChI is InChI=1S/C22H27N5O4S/c1-31-18-9-7-17(8-10-18)26-12-14-27(15-13-26)32(29,30)16-4-11-23-22(28)21-19-5-2-3-6-20(19)24-25-21/h2-3,5-10H,4,11-16H2,1H3,(H,23,28)(H,24,25). The summed E-state index contributed by atoms with van der Waals surface area (Å²) in [6, 6.07) is 15.1. The molecule has 0 aliphatic carbocycles. The number of fused-ring (bicyclic) bond motifs is 1. The highest BCUT2D eigenvalue weighted by atomic mass is 32.2. The smallest absolute Gasteiger partial charge is 0.272 e. The molecule has 2 heterocycles. The lowest BCUT2D eigenvalue weighted by Crippen LogP contribution is -2.49. The van der Waals surface area contributed by atoms with Gasteiger partial charge in [0.1, 0.15) is 5.75 Å². The van der Waals surface area contributed by atoms with Gasteiger partial charge < -0.3 is 15.0 Å². The van der Waals surface area contributed by atoms with Crippen LogP contribution in [0.1, 0.15) is 16.9 Å². The van der Waals surface area contributed by atoms with Crippen LogP contribution in [0.25, 0.3) is 10.9 Å². The number of para-hydroxylation sites is 1. The van der Waals surface area contributed by atoms with Gasteiger partial charge in [-0.2, -0.15) is 9.40 Å². The molecule has 10 heteroatoms. The lowest BCUT2D eigenvalue weighted by Gasteiger charge is -2.35. The second-order valence-corrected chi connectivity index (χ2v) is 9.72. The number of nitrogens with zero attached hydrogens (tertiary/aromatic N) is 3. The summed E-state index contributed by atoms with van der Waals surface area (Å²) in [7, 11) is -1.74. The molecule has 170 valence electrons. The molecule has 0 bridgehead atoms. The molecule has 1 aliphatic heterocycles. The number of hydrogen-bond acceptors (Lipinski definition) is 6. The zero-order valence-electron chi connectivity index (χ0n) is 18.0. The molecule has 2 aromatic carbocycles. The van der Waals surface area contributed by atoms with Gasteiger partial charge in [0, 0.05) is 43.8 Å². The van der Waals surface area contributed by atoms with Crippen molar-refractivity contribution in [1.82, 2.24) is 19.8 Å². The number of anilines is 1. The number of hydrogen-bond donors (Lipinski definition) is 2. The Labute approximate surface area is 187 Å². The number of benzene rings is 2. The Bertz CT molecular complexity index is 1170. The van der Waals surface area contributed by atoms with E-state index in [1.807, 2.05) is 48.5 Å². The minimum atomic E-state index is -3.37. The second kappa shape index (κ2) is 9.58. The van der Waals surface area contributed by atoms with Crippen LogP contribution in [-0.4, -0.2) is 74.4 Å². The summed E-state index contributed by atoms with van der Waals surface area (Å²) in [5, 5.41) is 10.4. The lowest BCUT2D eigenvalue weighted by atomic mass is 10.2. The highest BCUT2D eigenvalue weighted by Gasteiger charge is 2.26. The van der Waals surface area contributed by atoms with Crippen molar-refractivity contribution in [2.45, 2.75) is 6.42 Å². The summed E-state index contributed by atoms with van der Waals surface area (Å²) >= 11 is 0. The minimum absolute atomic E-state index is 0.00285. The molecule has 32 heavy (non-hydrogen) atoms. The van der Waals surface area contributed by atoms with Crippen molar-refractivity contribution < 1.29 is 17.9 Å². The predicted molar refractivity (Wildman–Crippen MR) is 124 cm³/mol. The molecule has 1 fully saturated rings. The molecular formula is C22H27N5O4S. The zero-order chi connectivity index (χ0) is 22.6. The Balaban J connectivity index is 1.23. The average molecular weight is 458 g/mol. The van der Waals surface area contributed by atoms with E-state index in [4.69, 9.17) is 4.74 Å². The van der Waals surface area contributed by atoms with E-state index in [9.17, 15) is 13.2 Å². The van der Waals surface area contributed by atoms with Crippen LogP contribution in [0.5, 0.6) is 5.75 Å². The molecule has 4 rings (SSSR count). The van der Waals surface area contributed by atoms with Gasteiger partial charge in [0.25, 0.3) is 5.91 Å². The number of nitrogens with one attached hydrogen (secondary N) is 2. The van der Waals surface area contributed by atoms with E-state index in [1.54, 1.807) is 7.11 Å². The molecule has 1 aliphatic rings. The summed E-state index contributed by atoms with van der Waals surface area (Å²) in [4.78, 5) is 14.6. The first kappa shape index (κ1) is 22.1. The van der Waals surface area contributed by atoms with E-state index < -0.39 is 10.0 Å². The van der Waals surface area contributed by atoms with Crippen LogP contribution in [0, 0.1) is 0 Å². The molecule has 1 amide bonds. The molecule has 9 nitrogen and oxygen atoms in total. The number of carbonyl (C=O) groups excluding carboxylic acids is 1. The number of amides is 1. The van der Waals surface area contributed by atoms with Crippen LogP contribution in [0.4, 0.5) is 5.69 Å². The number of aromatic nitrogens is 2. The molecule has 0 atom stereocenters. The second-order valence-electron chi connectivity index (χ2n) is 7.63. The Morgan fingerprint density at radius 2 is 1.81 bits per heavy atom. The summed E-state index contributed by atoms with van der Waals surface area (Å²) in [6.07, 6.45) is 0.342. The van der Waals surface area contributed by atoms with Gasteiger partial charge in [0.2, 0.25) is 10.0 Å². The third kappa shape index (κ3) is 4.86. The normalized spacial score (nSPS) is 15.1. The minimum Gasteiger partial charge on any atom is -0.497 e. The summed E-state index contributed by atoms with van der Waals surface area (Å²) in [6.45, 7) is 2.42. The lowest BCUT2D eigenvalue weighted by molar-refractivity contribution is 0.0950. The third-order valence-electron chi connectivity index (χ3n) is 5.62. The van der Waals surface area contributed by atoms with Gasteiger partial charge in [-0.1, -0.05) is 18.2 Å². The number of sulfonamides is 1. The van der Waals surface area contributed by atoms with E-state index >= 15 is 0 Å². The number of H-pyrrole nitrogens is 1. The molecule has 0 spiro atoms. The number of ether oxygens (including phenoxy) is 1. The van der Waals surface area contributed by atoms with Crippen LogP contribution in [0.2, 0.25) is 0 Å². The Hall–Kier alpha value is -3.11. The number of aromatic amines is 1. The van der Waals surface area contributed by atoms with Crippen molar-refractivity contribution in [3.63, 3.8) is 0 Å². The van der Waals surface area contributed by atoms with Crippen LogP contribution in [0.3, 0.4) is 0 Å².